The lowest BCUT2D eigenvalue weighted by Gasteiger charge is -2.40. The average molecular weight is 927 g/mol. The molecule has 3 aromatic rings. The third-order valence-corrected chi connectivity index (χ3v) is 10.8. The van der Waals surface area contributed by atoms with E-state index in [2.05, 4.69) is 0 Å². The van der Waals surface area contributed by atoms with Crippen molar-refractivity contribution >= 4 is 42.0 Å². The molecular formula is C43H42O23. The van der Waals surface area contributed by atoms with Crippen molar-refractivity contribution in [3.63, 3.8) is 0 Å². The lowest BCUT2D eigenvalue weighted by molar-refractivity contribution is -0.211. The van der Waals surface area contributed by atoms with Gasteiger partial charge in [0.05, 0.1) is 24.7 Å². The molecule has 6 rings (SSSR count). The van der Waals surface area contributed by atoms with E-state index in [0.717, 1.165) is 54.6 Å². The monoisotopic (exact) mass is 926 g/mol. The first-order valence-corrected chi connectivity index (χ1v) is 19.6. The zero-order chi connectivity index (χ0) is 48.3. The van der Waals surface area contributed by atoms with Gasteiger partial charge >= 0.3 is 29.8 Å². The highest BCUT2D eigenvalue weighted by Crippen LogP contribution is 2.48. The second-order valence-corrected chi connectivity index (χ2v) is 15.2. The van der Waals surface area contributed by atoms with Crippen LogP contribution in [0, 0.1) is 5.92 Å². The van der Waals surface area contributed by atoms with Gasteiger partial charge < -0.3 is 90.1 Å². The van der Waals surface area contributed by atoms with E-state index in [4.69, 9.17) is 23.7 Å². The number of phenolic OH excluding ortho intramolecular Hbond substituents is 6. The number of aromatic hydroxyl groups is 6. The van der Waals surface area contributed by atoms with Crippen molar-refractivity contribution in [3.8, 4) is 34.5 Å². The van der Waals surface area contributed by atoms with Crippen molar-refractivity contribution in [1.82, 2.24) is 0 Å². The molecule has 23 heteroatoms. The topological polar surface area (TPSA) is 394 Å². The normalized spacial score (nSPS) is 25.8. The molecule has 352 valence electrons. The first-order chi connectivity index (χ1) is 31.2. The van der Waals surface area contributed by atoms with Crippen LogP contribution >= 0.6 is 0 Å². The Labute approximate surface area is 370 Å². The Morgan fingerprint density at radius 1 is 0.788 bits per heavy atom. The Bertz CT molecular complexity index is 2480. The molecule has 11 unspecified atom stereocenters. The quantitative estimate of drug-likeness (QED) is 0.0407. The van der Waals surface area contributed by atoms with Gasteiger partial charge in [0.15, 0.2) is 65.0 Å². The fourth-order valence-corrected chi connectivity index (χ4v) is 7.52. The SMILES string of the molecule is O=C(C=Cc1ccc(O)c(O)c1)OC1C(OC(=O)C2C(C(=O)OC3C(CC(O)C(=O)O)OCC(O)C3O)=Cc3cc(O)c(O)cc3C2c2ccc(O)c(O)c2)C=C(C(=O)O)OC1C(O)CO. The van der Waals surface area contributed by atoms with Crippen molar-refractivity contribution < 1.29 is 114 Å². The molecule has 2 heterocycles. The second kappa shape index (κ2) is 19.8. The fourth-order valence-electron chi connectivity index (χ4n) is 7.52. The number of esters is 3. The van der Waals surface area contributed by atoms with Gasteiger partial charge in [-0.3, -0.25) is 4.79 Å². The standard InChI is InChI=1S/C43H42O23/c44-14-28(52)37-39(65-33(54)6-2-16-1-4-21(45)23(47)7-16)31(13-32(63-37)41(58)59)64-43(61)35-20(42(60)66-38-30(12-27(51)40(56)57)62-15-29(53)36(38)55)8-18-10-25(49)26(50)11-19(18)34(35)17-3-5-22(46)24(48)9-17/h1-11,13,27-31,34-39,44-53,55H,12,14-15H2,(H,56,57)(H,58,59). The summed E-state index contributed by atoms with van der Waals surface area (Å²) in [6, 6.07) is 8.53. The molecule has 1 saturated heterocycles. The molecule has 23 nitrogen and oxygen atoms in total. The van der Waals surface area contributed by atoms with Crippen molar-refractivity contribution in [2.75, 3.05) is 13.2 Å². The summed E-state index contributed by atoms with van der Waals surface area (Å²) >= 11 is 0. The maximum Gasteiger partial charge on any atom is 0.370 e. The molecule has 13 N–H and O–H groups in total. The molecule has 66 heavy (non-hydrogen) atoms. The van der Waals surface area contributed by atoms with Gasteiger partial charge in [-0.15, -0.1) is 0 Å². The predicted octanol–water partition coefficient (Wildman–Crippen LogP) is -0.809. The van der Waals surface area contributed by atoms with E-state index in [1.54, 1.807) is 0 Å². The third kappa shape index (κ3) is 10.3. The van der Waals surface area contributed by atoms with Crippen molar-refractivity contribution in [2.24, 2.45) is 5.92 Å². The molecule has 0 aromatic heterocycles. The lowest BCUT2D eigenvalue weighted by Crippen LogP contribution is -2.56. The number of hydrogen-bond donors (Lipinski definition) is 13. The molecule has 0 saturated carbocycles. The molecule has 3 aromatic carbocycles. The van der Waals surface area contributed by atoms with Gasteiger partial charge in [0.25, 0.3) is 0 Å². The Kier molecular flexibility index (Phi) is 14.4. The Hall–Kier alpha value is -7.41. The molecule has 1 aliphatic carbocycles. The molecule has 3 aliphatic rings. The number of aliphatic carboxylic acids is 2. The summed E-state index contributed by atoms with van der Waals surface area (Å²) in [5.74, 6) is -16.5. The number of carboxylic acids is 2. The summed E-state index contributed by atoms with van der Waals surface area (Å²) in [7, 11) is 0. The van der Waals surface area contributed by atoms with Crippen LogP contribution in [0.25, 0.3) is 12.2 Å². The second-order valence-electron chi connectivity index (χ2n) is 15.2. The molecule has 0 spiro atoms. The maximum atomic E-state index is 15.0. The number of phenols is 6. The van der Waals surface area contributed by atoms with Crippen LogP contribution in [0.3, 0.4) is 0 Å². The van der Waals surface area contributed by atoms with Crippen LogP contribution in [0.2, 0.25) is 0 Å². The van der Waals surface area contributed by atoms with Gasteiger partial charge in [-0.1, -0.05) is 12.1 Å². The predicted molar refractivity (Wildman–Crippen MR) is 215 cm³/mol. The number of aliphatic hydroxyl groups excluding tert-OH is 5. The molecular weight excluding hydrogens is 884 g/mol. The van der Waals surface area contributed by atoms with Crippen LogP contribution in [0.4, 0.5) is 0 Å². The highest BCUT2D eigenvalue weighted by atomic mass is 16.6. The number of carbonyl (C=O) groups is 5. The van der Waals surface area contributed by atoms with E-state index < -0.39 is 162 Å². The van der Waals surface area contributed by atoms with E-state index in [1.165, 1.54) is 12.1 Å². The summed E-state index contributed by atoms with van der Waals surface area (Å²) in [5.41, 5.74) is -0.834. The van der Waals surface area contributed by atoms with E-state index in [9.17, 15) is 90.4 Å². The van der Waals surface area contributed by atoms with E-state index in [-0.39, 0.29) is 22.3 Å². The van der Waals surface area contributed by atoms with Crippen molar-refractivity contribution in [3.05, 3.63) is 94.3 Å². The Balaban J connectivity index is 1.47. The number of fused-ring (bicyclic) bond motifs is 1. The molecule has 0 radical (unpaired) electrons. The highest BCUT2D eigenvalue weighted by Gasteiger charge is 2.50. The number of carbonyl (C=O) groups excluding carboxylic acids is 3. The number of benzene rings is 3. The van der Waals surface area contributed by atoms with Gasteiger partial charge in [-0.2, -0.15) is 0 Å². The Morgan fingerprint density at radius 3 is 2.08 bits per heavy atom. The number of hydrogen-bond acceptors (Lipinski definition) is 21. The first-order valence-electron chi connectivity index (χ1n) is 19.6. The van der Waals surface area contributed by atoms with Gasteiger partial charge in [0.2, 0.25) is 5.76 Å². The zero-order valence-electron chi connectivity index (χ0n) is 33.8. The summed E-state index contributed by atoms with van der Waals surface area (Å²) in [6.45, 7) is -1.73. The van der Waals surface area contributed by atoms with E-state index >= 15 is 0 Å². The summed E-state index contributed by atoms with van der Waals surface area (Å²) < 4.78 is 27.7. The minimum absolute atomic E-state index is 0.0662. The summed E-state index contributed by atoms with van der Waals surface area (Å²) in [5, 5.41) is 133. The van der Waals surface area contributed by atoms with Crippen LogP contribution in [0.15, 0.2) is 72.0 Å². The van der Waals surface area contributed by atoms with Gasteiger partial charge in [-0.05, 0) is 70.8 Å². The first kappa shape index (κ1) is 48.1. The summed E-state index contributed by atoms with van der Waals surface area (Å²) in [4.78, 5) is 66.6. The fraction of sp³-hybridized carbons (Fsp3) is 0.326. The van der Waals surface area contributed by atoms with Crippen molar-refractivity contribution in [1.29, 1.82) is 0 Å². The van der Waals surface area contributed by atoms with E-state index in [1.807, 2.05) is 0 Å². The van der Waals surface area contributed by atoms with Crippen LogP contribution < -0.4 is 0 Å². The number of aliphatic hydroxyl groups is 5. The minimum Gasteiger partial charge on any atom is -0.504 e. The van der Waals surface area contributed by atoms with Gasteiger partial charge in [-0.25, -0.2) is 19.2 Å². The smallest absolute Gasteiger partial charge is 0.370 e. The van der Waals surface area contributed by atoms with Crippen LogP contribution in [0.1, 0.15) is 34.6 Å². The largest absolute Gasteiger partial charge is 0.504 e. The molecule has 2 aliphatic heterocycles. The third-order valence-electron chi connectivity index (χ3n) is 10.8. The zero-order valence-corrected chi connectivity index (χ0v) is 33.8. The minimum atomic E-state index is -2.13. The van der Waals surface area contributed by atoms with E-state index in [0.29, 0.717) is 6.08 Å². The van der Waals surface area contributed by atoms with Crippen LogP contribution in [-0.2, 0) is 47.7 Å². The molecule has 1 fully saturated rings. The molecule has 0 amide bonds. The molecule has 11 atom stereocenters. The van der Waals surface area contributed by atoms with Gasteiger partial charge in [0.1, 0.15) is 24.4 Å². The van der Waals surface area contributed by atoms with Crippen LogP contribution in [0.5, 0.6) is 34.5 Å². The summed E-state index contributed by atoms with van der Waals surface area (Å²) in [6.07, 6.45) is -14.8. The van der Waals surface area contributed by atoms with Crippen LogP contribution in [-0.4, -0.2) is 164 Å². The highest BCUT2D eigenvalue weighted by molar-refractivity contribution is 6.02. The lowest BCUT2D eigenvalue weighted by atomic mass is 9.71. The maximum absolute atomic E-state index is 15.0. The number of carboxylic acid groups (broad SMARTS) is 2. The number of ether oxygens (including phenoxy) is 5. The average Bonchev–Trinajstić information content (AvgIpc) is 3.27. The number of rotatable bonds is 14. The van der Waals surface area contributed by atoms with Gasteiger partial charge in [0, 0.05) is 24.5 Å². The Morgan fingerprint density at radius 2 is 1.44 bits per heavy atom. The molecule has 0 bridgehead atoms. The van der Waals surface area contributed by atoms with Crippen molar-refractivity contribution in [2.45, 2.75) is 67.3 Å².